The van der Waals surface area contributed by atoms with Crippen LogP contribution in [0.2, 0.25) is 0 Å². The van der Waals surface area contributed by atoms with Gasteiger partial charge in [-0.3, -0.25) is 0 Å². The normalized spacial score (nSPS) is 22.1. The Labute approximate surface area is 166 Å². The van der Waals surface area contributed by atoms with Crippen molar-refractivity contribution in [1.82, 2.24) is 0 Å². The molecular weight excluding hydrogens is 344 g/mol. The van der Waals surface area contributed by atoms with Crippen molar-refractivity contribution in [2.45, 2.75) is 18.4 Å². The third-order valence-electron chi connectivity index (χ3n) is 5.90. The van der Waals surface area contributed by atoms with Crippen LogP contribution >= 0.6 is 0 Å². The predicted octanol–water partition coefficient (Wildman–Crippen LogP) is 6.27. The minimum Gasteiger partial charge on any atom is -0.496 e. The van der Waals surface area contributed by atoms with Crippen LogP contribution in [0.4, 0.5) is 17.1 Å². The fourth-order valence-electron chi connectivity index (χ4n) is 4.59. The van der Waals surface area contributed by atoms with Gasteiger partial charge in [0.2, 0.25) is 0 Å². The molecule has 3 aromatic rings. The second-order valence-corrected chi connectivity index (χ2v) is 7.51. The number of benzene rings is 3. The highest BCUT2D eigenvalue weighted by Gasteiger charge is 2.38. The van der Waals surface area contributed by atoms with Crippen molar-refractivity contribution in [3.05, 3.63) is 96.1 Å². The molecule has 0 saturated carbocycles. The summed E-state index contributed by atoms with van der Waals surface area (Å²) in [5, 5.41) is 7.33. The molecule has 5 rings (SSSR count). The summed E-state index contributed by atoms with van der Waals surface area (Å²) in [5.41, 5.74) is 6.05. The molecule has 2 aliphatic rings. The molecule has 0 spiro atoms. The summed E-state index contributed by atoms with van der Waals surface area (Å²) < 4.78 is 5.65. The van der Waals surface area contributed by atoms with Gasteiger partial charge in [-0.05, 0) is 54.3 Å². The molecule has 28 heavy (non-hydrogen) atoms. The van der Waals surface area contributed by atoms with Gasteiger partial charge in [0.1, 0.15) is 5.75 Å². The highest BCUT2D eigenvalue weighted by molar-refractivity contribution is 5.69. The summed E-state index contributed by atoms with van der Waals surface area (Å²) in [7, 11) is 1.75. The first-order valence-electron chi connectivity index (χ1n) is 9.85. The lowest BCUT2D eigenvalue weighted by atomic mass is 9.76. The number of anilines is 3. The van der Waals surface area contributed by atoms with Gasteiger partial charge in [0.05, 0.1) is 13.2 Å². The first-order valence-corrected chi connectivity index (χ1v) is 9.85. The molecule has 3 heteroatoms. The predicted molar refractivity (Wildman–Crippen MR) is 116 cm³/mol. The molecule has 3 aromatic carbocycles. The van der Waals surface area contributed by atoms with E-state index in [1.807, 2.05) is 12.1 Å². The molecule has 1 heterocycles. The average molecular weight is 368 g/mol. The van der Waals surface area contributed by atoms with E-state index < -0.39 is 0 Å². The number of ether oxygens (including phenoxy) is 1. The summed E-state index contributed by atoms with van der Waals surface area (Å²) in [5.74, 6) is 1.87. The Morgan fingerprint density at radius 2 is 1.71 bits per heavy atom. The van der Waals surface area contributed by atoms with Gasteiger partial charge in [-0.1, -0.05) is 48.6 Å². The second-order valence-electron chi connectivity index (χ2n) is 7.51. The number of methoxy groups -OCH3 is 1. The van der Waals surface area contributed by atoms with Crippen molar-refractivity contribution in [3.63, 3.8) is 0 Å². The Morgan fingerprint density at radius 3 is 2.57 bits per heavy atom. The Balaban J connectivity index is 1.50. The molecule has 0 amide bonds. The summed E-state index contributed by atoms with van der Waals surface area (Å²) >= 11 is 0. The first-order chi connectivity index (χ1) is 13.8. The highest BCUT2D eigenvalue weighted by Crippen LogP contribution is 2.51. The lowest BCUT2D eigenvalue weighted by Gasteiger charge is -2.38. The molecule has 2 N–H and O–H groups in total. The van der Waals surface area contributed by atoms with Crippen molar-refractivity contribution < 1.29 is 4.74 Å². The van der Waals surface area contributed by atoms with Gasteiger partial charge >= 0.3 is 0 Å². The van der Waals surface area contributed by atoms with E-state index in [0.29, 0.717) is 11.8 Å². The maximum atomic E-state index is 5.65. The zero-order chi connectivity index (χ0) is 18.9. The van der Waals surface area contributed by atoms with Crippen LogP contribution in [0.25, 0.3) is 0 Å². The molecule has 0 saturated heterocycles. The molecule has 3 nitrogen and oxygen atoms in total. The van der Waals surface area contributed by atoms with E-state index in [1.54, 1.807) is 7.11 Å². The molecule has 140 valence electrons. The molecule has 3 unspecified atom stereocenters. The molecule has 0 aromatic heterocycles. The van der Waals surface area contributed by atoms with Crippen LogP contribution in [0.3, 0.4) is 0 Å². The summed E-state index contributed by atoms with van der Waals surface area (Å²) in [4.78, 5) is 0. The van der Waals surface area contributed by atoms with Crippen molar-refractivity contribution >= 4 is 17.1 Å². The van der Waals surface area contributed by atoms with E-state index >= 15 is 0 Å². The van der Waals surface area contributed by atoms with Crippen molar-refractivity contribution in [2.24, 2.45) is 5.92 Å². The molecule has 3 atom stereocenters. The molecule has 0 bridgehead atoms. The Bertz CT molecular complexity index is 1010. The maximum absolute atomic E-state index is 5.65. The fourth-order valence-corrected chi connectivity index (χ4v) is 4.59. The van der Waals surface area contributed by atoms with Crippen molar-refractivity contribution in [3.8, 4) is 5.75 Å². The number of nitrogens with one attached hydrogen (secondary N) is 2. The quantitative estimate of drug-likeness (QED) is 0.533. The monoisotopic (exact) mass is 368 g/mol. The van der Waals surface area contributed by atoms with Crippen LogP contribution in [0.15, 0.2) is 84.9 Å². The summed E-state index contributed by atoms with van der Waals surface area (Å²) in [6.45, 7) is 0. The first kappa shape index (κ1) is 16.9. The van der Waals surface area contributed by atoms with E-state index in [-0.39, 0.29) is 6.04 Å². The summed E-state index contributed by atoms with van der Waals surface area (Å²) in [6, 6.07) is 25.6. The number of hydrogen-bond donors (Lipinski definition) is 2. The van der Waals surface area contributed by atoms with Crippen LogP contribution < -0.4 is 15.4 Å². The van der Waals surface area contributed by atoms with Crippen LogP contribution in [-0.2, 0) is 0 Å². The number of allylic oxidation sites excluding steroid dienone is 2. The highest BCUT2D eigenvalue weighted by atomic mass is 16.5. The Hall–Kier alpha value is -3.20. The lowest BCUT2D eigenvalue weighted by Crippen LogP contribution is -2.29. The lowest BCUT2D eigenvalue weighted by molar-refractivity contribution is 0.381. The van der Waals surface area contributed by atoms with E-state index in [9.17, 15) is 0 Å². The molecule has 1 aliphatic carbocycles. The average Bonchev–Trinajstić information content (AvgIpc) is 3.24. The van der Waals surface area contributed by atoms with Gasteiger partial charge in [-0.25, -0.2) is 0 Å². The number of para-hydroxylation sites is 2. The van der Waals surface area contributed by atoms with Gasteiger partial charge in [-0.2, -0.15) is 0 Å². The molecule has 1 aliphatic heterocycles. The number of fused-ring (bicyclic) bond motifs is 3. The maximum Gasteiger partial charge on any atom is 0.124 e. The van der Waals surface area contributed by atoms with Crippen molar-refractivity contribution in [2.75, 3.05) is 17.7 Å². The van der Waals surface area contributed by atoms with E-state index in [4.69, 9.17) is 4.74 Å². The van der Waals surface area contributed by atoms with Crippen LogP contribution in [0.1, 0.15) is 29.5 Å². The summed E-state index contributed by atoms with van der Waals surface area (Å²) in [6.07, 6.45) is 5.78. The number of hydrogen-bond acceptors (Lipinski definition) is 3. The van der Waals surface area contributed by atoms with Crippen molar-refractivity contribution in [1.29, 1.82) is 0 Å². The van der Waals surface area contributed by atoms with E-state index in [1.165, 1.54) is 16.8 Å². The topological polar surface area (TPSA) is 33.3 Å². The van der Waals surface area contributed by atoms with Crippen LogP contribution in [0.5, 0.6) is 5.75 Å². The molecule has 0 radical (unpaired) electrons. The Kier molecular flexibility index (Phi) is 4.28. The van der Waals surface area contributed by atoms with Gasteiger partial charge in [0.15, 0.2) is 0 Å². The third-order valence-corrected chi connectivity index (χ3v) is 5.90. The largest absolute Gasteiger partial charge is 0.496 e. The van der Waals surface area contributed by atoms with E-state index in [2.05, 4.69) is 83.4 Å². The van der Waals surface area contributed by atoms with Crippen LogP contribution in [-0.4, -0.2) is 7.11 Å². The zero-order valence-electron chi connectivity index (χ0n) is 15.9. The van der Waals surface area contributed by atoms with Crippen LogP contribution in [0, 0.1) is 5.92 Å². The molecule has 0 fully saturated rings. The number of rotatable bonds is 4. The Morgan fingerprint density at radius 1 is 0.893 bits per heavy atom. The second kappa shape index (κ2) is 7.08. The van der Waals surface area contributed by atoms with Gasteiger partial charge < -0.3 is 15.4 Å². The van der Waals surface area contributed by atoms with Gasteiger partial charge in [-0.15, -0.1) is 0 Å². The minimum absolute atomic E-state index is 0.247. The SMILES string of the molecule is COc1ccccc1C1Nc2ccc(Nc3ccccc3)cc2C2C=CCC21. The third kappa shape index (κ3) is 2.93. The van der Waals surface area contributed by atoms with E-state index in [0.717, 1.165) is 23.5 Å². The van der Waals surface area contributed by atoms with Gasteiger partial charge in [0.25, 0.3) is 0 Å². The fraction of sp³-hybridized carbons (Fsp3) is 0.200. The minimum atomic E-state index is 0.247. The smallest absolute Gasteiger partial charge is 0.124 e. The molecular formula is C25H24N2O. The standard InChI is InChI=1S/C25H24N2O/c1-28-24-13-6-5-10-21(24)25-20-12-7-11-19(20)22-16-18(14-15-23(22)27-25)26-17-8-3-2-4-9-17/h2-11,13-16,19-20,25-27H,12H2,1H3. The van der Waals surface area contributed by atoms with Gasteiger partial charge in [0, 0.05) is 28.5 Å². The zero-order valence-corrected chi connectivity index (χ0v) is 15.9.